The minimum absolute atomic E-state index is 0.324. The molecule has 1 aromatic carbocycles. The lowest BCUT2D eigenvalue weighted by molar-refractivity contribution is 0.195. The third kappa shape index (κ3) is 4.08. The summed E-state index contributed by atoms with van der Waals surface area (Å²) in [7, 11) is 0. The number of rotatable bonds is 6. The maximum atomic E-state index is 9.37. The SMILES string of the molecule is CCn1nc(C)c(Br)c1COc1ccc(CC(C)O)cc1. The Labute approximate surface area is 133 Å². The lowest BCUT2D eigenvalue weighted by Gasteiger charge is -2.10. The van der Waals surface area contributed by atoms with E-state index in [1.807, 2.05) is 35.9 Å². The number of aliphatic hydroxyl groups excluding tert-OH is 1. The third-order valence-electron chi connectivity index (χ3n) is 3.28. The van der Waals surface area contributed by atoms with Crippen LogP contribution in [0.3, 0.4) is 0 Å². The Morgan fingerprint density at radius 2 is 2.00 bits per heavy atom. The molecule has 5 heteroatoms. The molecule has 1 aromatic heterocycles. The monoisotopic (exact) mass is 352 g/mol. The normalized spacial score (nSPS) is 12.4. The second-order valence-corrected chi connectivity index (χ2v) is 5.94. The largest absolute Gasteiger partial charge is 0.487 e. The van der Waals surface area contributed by atoms with Crippen LogP contribution in [0, 0.1) is 6.92 Å². The van der Waals surface area contributed by atoms with Crippen molar-refractivity contribution < 1.29 is 9.84 Å². The molecule has 1 heterocycles. The Hall–Kier alpha value is -1.33. The van der Waals surface area contributed by atoms with Crippen LogP contribution in [-0.4, -0.2) is 21.0 Å². The topological polar surface area (TPSA) is 47.3 Å². The first kappa shape index (κ1) is 16.0. The van der Waals surface area contributed by atoms with Gasteiger partial charge in [0.2, 0.25) is 0 Å². The third-order valence-corrected chi connectivity index (χ3v) is 4.31. The van der Waals surface area contributed by atoms with Gasteiger partial charge in [0.1, 0.15) is 12.4 Å². The van der Waals surface area contributed by atoms with Gasteiger partial charge >= 0.3 is 0 Å². The number of hydrogen-bond donors (Lipinski definition) is 1. The maximum Gasteiger partial charge on any atom is 0.131 e. The summed E-state index contributed by atoms with van der Waals surface area (Å²) in [6, 6.07) is 7.84. The molecule has 0 aliphatic carbocycles. The summed E-state index contributed by atoms with van der Waals surface area (Å²) >= 11 is 3.56. The van der Waals surface area contributed by atoms with Gasteiger partial charge in [-0.05, 0) is 60.8 Å². The quantitative estimate of drug-likeness (QED) is 0.865. The van der Waals surface area contributed by atoms with Gasteiger partial charge in [0.25, 0.3) is 0 Å². The average molecular weight is 353 g/mol. The molecule has 1 unspecified atom stereocenters. The molecule has 1 atom stereocenters. The Bertz CT molecular complexity index is 591. The zero-order valence-electron chi connectivity index (χ0n) is 12.6. The number of aliphatic hydroxyl groups is 1. The Balaban J connectivity index is 2.03. The molecule has 0 amide bonds. The van der Waals surface area contributed by atoms with Crippen LogP contribution >= 0.6 is 15.9 Å². The minimum atomic E-state index is -0.324. The molecule has 0 fully saturated rings. The van der Waals surface area contributed by atoms with E-state index in [4.69, 9.17) is 4.74 Å². The van der Waals surface area contributed by atoms with Gasteiger partial charge in [-0.1, -0.05) is 12.1 Å². The van der Waals surface area contributed by atoms with Gasteiger partial charge in [-0.15, -0.1) is 0 Å². The number of nitrogens with zero attached hydrogens (tertiary/aromatic N) is 2. The van der Waals surface area contributed by atoms with Gasteiger partial charge < -0.3 is 9.84 Å². The number of aromatic nitrogens is 2. The Morgan fingerprint density at radius 3 is 2.57 bits per heavy atom. The number of hydrogen-bond acceptors (Lipinski definition) is 3. The highest BCUT2D eigenvalue weighted by molar-refractivity contribution is 9.10. The van der Waals surface area contributed by atoms with Crippen LogP contribution in [0.15, 0.2) is 28.7 Å². The van der Waals surface area contributed by atoms with Crippen molar-refractivity contribution in [3.05, 3.63) is 45.7 Å². The van der Waals surface area contributed by atoms with Gasteiger partial charge in [0, 0.05) is 6.54 Å². The summed E-state index contributed by atoms with van der Waals surface area (Å²) in [5.74, 6) is 0.817. The standard InChI is InChI=1S/C16H21BrN2O2/c1-4-19-15(16(17)12(3)18-19)10-21-14-7-5-13(6-8-14)9-11(2)20/h5-8,11,20H,4,9-10H2,1-3H3. The van der Waals surface area contributed by atoms with Crippen molar-refractivity contribution in [3.63, 3.8) is 0 Å². The molecule has 1 N–H and O–H groups in total. The summed E-state index contributed by atoms with van der Waals surface area (Å²) < 4.78 is 8.79. The van der Waals surface area contributed by atoms with E-state index in [9.17, 15) is 5.11 Å². The van der Waals surface area contributed by atoms with E-state index >= 15 is 0 Å². The van der Waals surface area contributed by atoms with E-state index in [1.54, 1.807) is 6.92 Å². The molecule has 0 aliphatic heterocycles. The molecule has 0 aliphatic rings. The molecule has 0 spiro atoms. The fourth-order valence-electron chi connectivity index (χ4n) is 2.22. The van der Waals surface area contributed by atoms with Gasteiger partial charge in [0.15, 0.2) is 0 Å². The lowest BCUT2D eigenvalue weighted by atomic mass is 10.1. The first-order valence-corrected chi connectivity index (χ1v) is 7.92. The number of aryl methyl sites for hydroxylation is 2. The zero-order valence-corrected chi connectivity index (χ0v) is 14.2. The van der Waals surface area contributed by atoms with Crippen molar-refractivity contribution in [3.8, 4) is 5.75 Å². The van der Waals surface area contributed by atoms with E-state index in [2.05, 4.69) is 28.0 Å². The van der Waals surface area contributed by atoms with Crippen molar-refractivity contribution in [1.29, 1.82) is 0 Å². The summed E-state index contributed by atoms with van der Waals surface area (Å²) in [5, 5.41) is 13.8. The van der Waals surface area contributed by atoms with Crippen LogP contribution in [0.4, 0.5) is 0 Å². The molecule has 2 aromatic rings. The predicted octanol–water partition coefficient (Wildman–Crippen LogP) is 3.48. The van der Waals surface area contributed by atoms with Crippen molar-refractivity contribution in [1.82, 2.24) is 9.78 Å². The van der Waals surface area contributed by atoms with Crippen molar-refractivity contribution >= 4 is 15.9 Å². The smallest absolute Gasteiger partial charge is 0.131 e. The molecule has 0 saturated heterocycles. The summed E-state index contributed by atoms with van der Waals surface area (Å²) in [5.41, 5.74) is 3.12. The van der Waals surface area contributed by atoms with Crippen molar-refractivity contribution in [2.75, 3.05) is 0 Å². The number of halogens is 1. The van der Waals surface area contributed by atoms with Gasteiger partial charge in [-0.2, -0.15) is 5.10 Å². The van der Waals surface area contributed by atoms with Gasteiger partial charge in [-0.25, -0.2) is 0 Å². The molecular formula is C16H21BrN2O2. The predicted molar refractivity (Wildman–Crippen MR) is 86.5 cm³/mol. The molecule has 0 saturated carbocycles. The first-order valence-electron chi connectivity index (χ1n) is 7.12. The summed E-state index contributed by atoms with van der Waals surface area (Å²) in [6.45, 7) is 7.12. The lowest BCUT2D eigenvalue weighted by Crippen LogP contribution is -2.07. The number of benzene rings is 1. The van der Waals surface area contributed by atoms with Crippen LogP contribution in [0.25, 0.3) is 0 Å². The molecule has 0 bridgehead atoms. The second-order valence-electron chi connectivity index (χ2n) is 5.15. The van der Waals surface area contributed by atoms with E-state index in [0.717, 1.165) is 33.7 Å². The first-order chi connectivity index (χ1) is 10.0. The van der Waals surface area contributed by atoms with Crippen molar-refractivity contribution in [2.24, 2.45) is 0 Å². The number of ether oxygens (including phenoxy) is 1. The summed E-state index contributed by atoms with van der Waals surface area (Å²) in [4.78, 5) is 0. The minimum Gasteiger partial charge on any atom is -0.487 e. The molecule has 4 nitrogen and oxygen atoms in total. The Morgan fingerprint density at radius 1 is 1.33 bits per heavy atom. The molecule has 21 heavy (non-hydrogen) atoms. The Kier molecular flexibility index (Phi) is 5.42. The zero-order chi connectivity index (χ0) is 15.4. The fraction of sp³-hybridized carbons (Fsp3) is 0.438. The van der Waals surface area contributed by atoms with E-state index in [1.165, 1.54) is 0 Å². The van der Waals surface area contributed by atoms with Gasteiger partial charge in [0.05, 0.1) is 22.0 Å². The van der Waals surface area contributed by atoms with Crippen LogP contribution < -0.4 is 4.74 Å². The van der Waals surface area contributed by atoms with Crippen LogP contribution in [-0.2, 0) is 19.6 Å². The maximum absolute atomic E-state index is 9.37. The average Bonchev–Trinajstić information content (AvgIpc) is 2.73. The van der Waals surface area contributed by atoms with Crippen molar-refractivity contribution in [2.45, 2.75) is 46.4 Å². The fourth-order valence-corrected chi connectivity index (χ4v) is 2.62. The molecule has 2 rings (SSSR count). The van der Waals surface area contributed by atoms with Crippen LogP contribution in [0.1, 0.15) is 30.8 Å². The van der Waals surface area contributed by atoms with Crippen LogP contribution in [0.5, 0.6) is 5.75 Å². The van der Waals surface area contributed by atoms with Gasteiger partial charge in [-0.3, -0.25) is 4.68 Å². The molecule has 114 valence electrons. The highest BCUT2D eigenvalue weighted by Crippen LogP contribution is 2.23. The van der Waals surface area contributed by atoms with E-state index < -0.39 is 0 Å². The van der Waals surface area contributed by atoms with E-state index in [-0.39, 0.29) is 6.10 Å². The highest BCUT2D eigenvalue weighted by atomic mass is 79.9. The van der Waals surface area contributed by atoms with E-state index in [0.29, 0.717) is 13.0 Å². The molecular weight excluding hydrogens is 332 g/mol. The molecule has 0 radical (unpaired) electrons. The second kappa shape index (κ2) is 7.09. The highest BCUT2D eigenvalue weighted by Gasteiger charge is 2.12. The van der Waals surface area contributed by atoms with Crippen LogP contribution in [0.2, 0.25) is 0 Å². The summed E-state index contributed by atoms with van der Waals surface area (Å²) in [6.07, 6.45) is 0.336.